The minimum atomic E-state index is -0.0993. The van der Waals surface area contributed by atoms with Gasteiger partial charge in [0.05, 0.1) is 17.6 Å². The van der Waals surface area contributed by atoms with E-state index in [1.165, 1.54) is 5.56 Å². The average molecular weight is 305 g/mol. The fourth-order valence-electron chi connectivity index (χ4n) is 3.12. The molecular weight excluding hydrogens is 286 g/mol. The number of benzene rings is 2. The van der Waals surface area contributed by atoms with Crippen LogP contribution in [0.25, 0.3) is 0 Å². The maximum atomic E-state index is 12.5. The zero-order chi connectivity index (χ0) is 16.2. The van der Waals surface area contributed by atoms with Crippen molar-refractivity contribution in [3.8, 4) is 6.07 Å². The highest BCUT2D eigenvalue weighted by Crippen LogP contribution is 2.32. The summed E-state index contributed by atoms with van der Waals surface area (Å²) in [6.07, 6.45) is 2.86. The number of anilines is 1. The molecule has 1 aliphatic rings. The second-order valence-electron chi connectivity index (χ2n) is 5.93. The second-order valence-corrected chi connectivity index (χ2v) is 5.93. The number of nitriles is 1. The van der Waals surface area contributed by atoms with Gasteiger partial charge in [0.25, 0.3) is 0 Å². The molecule has 0 saturated carbocycles. The van der Waals surface area contributed by atoms with Crippen molar-refractivity contribution in [2.24, 2.45) is 0 Å². The summed E-state index contributed by atoms with van der Waals surface area (Å²) in [7, 11) is 0. The first-order chi connectivity index (χ1) is 11.2. The highest BCUT2D eigenvalue weighted by molar-refractivity contribution is 5.84. The molecule has 0 bridgehead atoms. The first kappa shape index (κ1) is 15.1. The van der Waals surface area contributed by atoms with Gasteiger partial charge in [0.15, 0.2) is 0 Å². The number of carbonyl (C=O) groups is 1. The number of hydrogen-bond acceptors (Lipinski definition) is 3. The lowest BCUT2D eigenvalue weighted by Gasteiger charge is -2.25. The zero-order valence-electron chi connectivity index (χ0n) is 12.9. The molecule has 0 aromatic heterocycles. The standard InChI is InChI=1S/C19H19N3O/c20-11-13-4-6-14(7-5-13)12-22-19(23)18-3-1-2-15-10-16(21)8-9-17(15)18/h4-10,18H,1-3,12,21H2,(H,22,23). The Morgan fingerprint density at radius 1 is 1.26 bits per heavy atom. The van der Waals surface area contributed by atoms with E-state index >= 15 is 0 Å². The maximum absolute atomic E-state index is 12.5. The molecule has 2 aromatic carbocycles. The zero-order valence-corrected chi connectivity index (χ0v) is 12.9. The van der Waals surface area contributed by atoms with Gasteiger partial charge in [-0.15, -0.1) is 0 Å². The van der Waals surface area contributed by atoms with Crippen LogP contribution in [0.4, 0.5) is 5.69 Å². The number of aryl methyl sites for hydroxylation is 1. The normalized spacial score (nSPS) is 16.2. The molecule has 4 nitrogen and oxygen atoms in total. The van der Waals surface area contributed by atoms with Crippen LogP contribution in [0.15, 0.2) is 42.5 Å². The molecule has 23 heavy (non-hydrogen) atoms. The van der Waals surface area contributed by atoms with E-state index in [9.17, 15) is 4.79 Å². The van der Waals surface area contributed by atoms with Gasteiger partial charge in [0.2, 0.25) is 5.91 Å². The van der Waals surface area contributed by atoms with Crippen molar-refractivity contribution in [1.29, 1.82) is 5.26 Å². The molecule has 3 rings (SSSR count). The molecule has 1 unspecified atom stereocenters. The number of nitrogens with one attached hydrogen (secondary N) is 1. The SMILES string of the molecule is N#Cc1ccc(CNC(=O)C2CCCc3cc(N)ccc32)cc1. The van der Waals surface area contributed by atoms with Crippen molar-refractivity contribution in [2.45, 2.75) is 31.7 Å². The molecule has 0 heterocycles. The van der Waals surface area contributed by atoms with Crippen molar-refractivity contribution in [3.63, 3.8) is 0 Å². The van der Waals surface area contributed by atoms with Crippen molar-refractivity contribution in [2.75, 3.05) is 5.73 Å². The molecule has 0 saturated heterocycles. The molecule has 1 amide bonds. The van der Waals surface area contributed by atoms with E-state index in [4.69, 9.17) is 11.0 Å². The Morgan fingerprint density at radius 2 is 2.04 bits per heavy atom. The highest BCUT2D eigenvalue weighted by atomic mass is 16.1. The van der Waals surface area contributed by atoms with Gasteiger partial charge in [-0.25, -0.2) is 0 Å². The van der Waals surface area contributed by atoms with Gasteiger partial charge in [-0.05, 0) is 60.2 Å². The molecule has 1 atom stereocenters. The minimum Gasteiger partial charge on any atom is -0.399 e. The topological polar surface area (TPSA) is 78.9 Å². The molecule has 116 valence electrons. The van der Waals surface area contributed by atoms with Gasteiger partial charge in [0.1, 0.15) is 0 Å². The van der Waals surface area contributed by atoms with Crippen LogP contribution in [0.1, 0.15) is 41.0 Å². The summed E-state index contributed by atoms with van der Waals surface area (Å²) in [6.45, 7) is 0.478. The van der Waals surface area contributed by atoms with Crippen LogP contribution in [0.2, 0.25) is 0 Å². The van der Waals surface area contributed by atoms with Gasteiger partial charge in [0, 0.05) is 12.2 Å². The van der Waals surface area contributed by atoms with Gasteiger partial charge < -0.3 is 11.1 Å². The van der Waals surface area contributed by atoms with Crippen molar-refractivity contribution in [3.05, 3.63) is 64.7 Å². The van der Waals surface area contributed by atoms with Gasteiger partial charge in [-0.3, -0.25) is 4.79 Å². The minimum absolute atomic E-state index is 0.0556. The van der Waals surface area contributed by atoms with Crippen LogP contribution in [-0.2, 0) is 17.8 Å². The summed E-state index contributed by atoms with van der Waals surface area (Å²) in [6, 6.07) is 15.2. The van der Waals surface area contributed by atoms with Gasteiger partial charge >= 0.3 is 0 Å². The van der Waals surface area contributed by atoms with E-state index in [0.29, 0.717) is 12.1 Å². The summed E-state index contributed by atoms with van der Waals surface area (Å²) in [5.74, 6) is -0.0437. The molecule has 2 aromatic rings. The summed E-state index contributed by atoms with van der Waals surface area (Å²) < 4.78 is 0. The predicted octanol–water partition coefficient (Wildman–Crippen LogP) is 2.88. The quantitative estimate of drug-likeness (QED) is 0.856. The Hall–Kier alpha value is -2.80. The summed E-state index contributed by atoms with van der Waals surface area (Å²) in [5.41, 5.74) is 10.5. The van der Waals surface area contributed by atoms with E-state index in [1.54, 1.807) is 12.1 Å². The van der Waals surface area contributed by atoms with E-state index in [2.05, 4.69) is 11.4 Å². The van der Waals surface area contributed by atoms with Crippen LogP contribution < -0.4 is 11.1 Å². The predicted molar refractivity (Wildman–Crippen MR) is 89.5 cm³/mol. The summed E-state index contributed by atoms with van der Waals surface area (Å²) in [5, 5.41) is 11.8. The molecule has 1 aliphatic carbocycles. The lowest BCUT2D eigenvalue weighted by molar-refractivity contribution is -0.123. The van der Waals surface area contributed by atoms with Crippen LogP contribution in [0.3, 0.4) is 0 Å². The Labute approximate surface area is 135 Å². The molecule has 0 radical (unpaired) electrons. The van der Waals surface area contributed by atoms with E-state index in [0.717, 1.165) is 36.1 Å². The lowest BCUT2D eigenvalue weighted by Crippen LogP contribution is -2.31. The van der Waals surface area contributed by atoms with E-state index in [1.807, 2.05) is 30.3 Å². The van der Waals surface area contributed by atoms with Crippen LogP contribution >= 0.6 is 0 Å². The molecule has 3 N–H and O–H groups in total. The second kappa shape index (κ2) is 6.53. The van der Waals surface area contributed by atoms with Crippen LogP contribution in [0, 0.1) is 11.3 Å². The van der Waals surface area contributed by atoms with Crippen molar-refractivity contribution in [1.82, 2.24) is 5.32 Å². The number of carbonyl (C=O) groups excluding carboxylic acids is 1. The monoisotopic (exact) mass is 305 g/mol. The van der Waals surface area contributed by atoms with Crippen LogP contribution in [0.5, 0.6) is 0 Å². The Bertz CT molecular complexity index is 759. The third-order valence-electron chi connectivity index (χ3n) is 4.35. The third kappa shape index (κ3) is 3.35. The maximum Gasteiger partial charge on any atom is 0.227 e. The molecule has 0 aliphatic heterocycles. The van der Waals surface area contributed by atoms with Crippen molar-refractivity contribution < 1.29 is 4.79 Å². The van der Waals surface area contributed by atoms with E-state index < -0.39 is 0 Å². The lowest BCUT2D eigenvalue weighted by atomic mass is 9.82. The van der Waals surface area contributed by atoms with E-state index in [-0.39, 0.29) is 11.8 Å². The first-order valence-corrected chi connectivity index (χ1v) is 7.82. The van der Waals surface area contributed by atoms with Crippen molar-refractivity contribution >= 4 is 11.6 Å². The fourth-order valence-corrected chi connectivity index (χ4v) is 3.12. The number of amides is 1. The summed E-state index contributed by atoms with van der Waals surface area (Å²) in [4.78, 5) is 12.5. The molecular formula is C19H19N3O. The first-order valence-electron chi connectivity index (χ1n) is 7.82. The Kier molecular flexibility index (Phi) is 4.29. The smallest absolute Gasteiger partial charge is 0.227 e. The molecule has 0 spiro atoms. The Balaban J connectivity index is 1.68. The summed E-state index contributed by atoms with van der Waals surface area (Å²) >= 11 is 0. The number of nitrogens with two attached hydrogens (primary N) is 1. The van der Waals surface area contributed by atoms with Gasteiger partial charge in [-0.1, -0.05) is 18.2 Å². The molecule has 4 heteroatoms. The van der Waals surface area contributed by atoms with Crippen LogP contribution in [-0.4, -0.2) is 5.91 Å². The number of hydrogen-bond donors (Lipinski definition) is 2. The number of nitrogen functional groups attached to an aromatic ring is 1. The fraction of sp³-hybridized carbons (Fsp3) is 0.263. The third-order valence-corrected chi connectivity index (χ3v) is 4.35. The van der Waals surface area contributed by atoms with Gasteiger partial charge in [-0.2, -0.15) is 5.26 Å². The Morgan fingerprint density at radius 3 is 2.78 bits per heavy atom. The number of fused-ring (bicyclic) bond motifs is 1. The molecule has 0 fully saturated rings. The average Bonchev–Trinajstić information content (AvgIpc) is 2.59. The number of rotatable bonds is 3. The number of nitrogens with zero attached hydrogens (tertiary/aromatic N) is 1. The highest BCUT2D eigenvalue weighted by Gasteiger charge is 2.26. The largest absolute Gasteiger partial charge is 0.399 e.